The lowest BCUT2D eigenvalue weighted by Crippen LogP contribution is -2.56. The van der Waals surface area contributed by atoms with E-state index in [9.17, 15) is 4.79 Å². The fraction of sp³-hybridized carbons (Fsp3) is 0.909. The van der Waals surface area contributed by atoms with E-state index >= 15 is 0 Å². The first-order valence-corrected chi connectivity index (χ1v) is 5.83. The molecule has 0 saturated carbocycles. The fourth-order valence-corrected chi connectivity index (χ4v) is 2.19. The van der Waals surface area contributed by atoms with Crippen LogP contribution in [0.5, 0.6) is 0 Å². The number of hydrogen-bond donors (Lipinski definition) is 2. The molecule has 0 aliphatic carbocycles. The maximum absolute atomic E-state index is 10.7. The Kier molecular flexibility index (Phi) is 5.05. The van der Waals surface area contributed by atoms with Crippen molar-refractivity contribution in [1.82, 2.24) is 10.2 Å². The summed E-state index contributed by atoms with van der Waals surface area (Å²) in [5.41, 5.74) is 0. The van der Waals surface area contributed by atoms with Crippen molar-refractivity contribution in [3.63, 3.8) is 0 Å². The van der Waals surface area contributed by atoms with E-state index in [1.807, 2.05) is 0 Å². The van der Waals surface area contributed by atoms with Crippen LogP contribution in [-0.4, -0.2) is 47.7 Å². The average Bonchev–Trinajstić information content (AvgIpc) is 2.16. The summed E-state index contributed by atoms with van der Waals surface area (Å²) in [4.78, 5) is 13.1. The number of carboxylic acids is 1. The van der Waals surface area contributed by atoms with E-state index in [1.165, 1.54) is 0 Å². The molecule has 15 heavy (non-hydrogen) atoms. The first-order valence-electron chi connectivity index (χ1n) is 5.83. The Morgan fingerprint density at radius 2 is 2.27 bits per heavy atom. The molecule has 0 aromatic rings. The van der Waals surface area contributed by atoms with Gasteiger partial charge in [0.05, 0.1) is 6.42 Å². The van der Waals surface area contributed by atoms with Crippen LogP contribution in [0.2, 0.25) is 0 Å². The highest BCUT2D eigenvalue weighted by Gasteiger charge is 2.28. The average molecular weight is 214 g/mol. The monoisotopic (exact) mass is 214 g/mol. The van der Waals surface area contributed by atoms with Crippen molar-refractivity contribution in [3.8, 4) is 0 Å². The number of carboxylic acid groups (broad SMARTS) is 1. The van der Waals surface area contributed by atoms with Gasteiger partial charge in [-0.05, 0) is 19.9 Å². The van der Waals surface area contributed by atoms with E-state index in [2.05, 4.69) is 24.1 Å². The molecule has 1 saturated heterocycles. The maximum Gasteiger partial charge on any atom is 0.304 e. The summed E-state index contributed by atoms with van der Waals surface area (Å²) in [5, 5.41) is 12.1. The molecule has 1 fully saturated rings. The van der Waals surface area contributed by atoms with Gasteiger partial charge in [0.15, 0.2) is 0 Å². The Balaban J connectivity index is 2.51. The van der Waals surface area contributed by atoms with Crippen LogP contribution in [0.3, 0.4) is 0 Å². The molecule has 0 aromatic carbocycles. The Morgan fingerprint density at radius 1 is 1.53 bits per heavy atom. The van der Waals surface area contributed by atoms with Crippen LogP contribution < -0.4 is 5.32 Å². The summed E-state index contributed by atoms with van der Waals surface area (Å²) in [7, 11) is 0. The second-order valence-corrected chi connectivity index (χ2v) is 4.35. The number of hydrogen-bond acceptors (Lipinski definition) is 3. The lowest BCUT2D eigenvalue weighted by atomic mass is 10.1. The third-order valence-electron chi connectivity index (χ3n) is 3.03. The van der Waals surface area contributed by atoms with Crippen LogP contribution in [0, 0.1) is 0 Å². The molecular weight excluding hydrogens is 192 g/mol. The van der Waals surface area contributed by atoms with Gasteiger partial charge in [0.25, 0.3) is 0 Å². The summed E-state index contributed by atoms with van der Waals surface area (Å²) in [6.45, 7) is 7.13. The third-order valence-corrected chi connectivity index (χ3v) is 3.03. The van der Waals surface area contributed by atoms with E-state index in [0.29, 0.717) is 6.04 Å². The summed E-state index contributed by atoms with van der Waals surface area (Å²) in [6, 6.07) is 0.618. The van der Waals surface area contributed by atoms with Crippen LogP contribution in [0.25, 0.3) is 0 Å². The minimum atomic E-state index is -0.697. The molecule has 0 bridgehead atoms. The molecule has 0 aromatic heterocycles. The Morgan fingerprint density at radius 3 is 2.87 bits per heavy atom. The fourth-order valence-electron chi connectivity index (χ4n) is 2.19. The van der Waals surface area contributed by atoms with Gasteiger partial charge in [-0.15, -0.1) is 0 Å². The van der Waals surface area contributed by atoms with Crippen molar-refractivity contribution in [2.75, 3.05) is 19.6 Å². The zero-order chi connectivity index (χ0) is 11.3. The predicted octanol–water partition coefficient (Wildman–Crippen LogP) is 0.923. The number of nitrogens with zero attached hydrogens (tertiary/aromatic N) is 1. The molecule has 1 heterocycles. The molecule has 0 spiro atoms. The van der Waals surface area contributed by atoms with Gasteiger partial charge in [-0.1, -0.05) is 13.3 Å². The first-order chi connectivity index (χ1) is 7.15. The van der Waals surface area contributed by atoms with Gasteiger partial charge in [0, 0.05) is 25.2 Å². The molecule has 4 nitrogen and oxygen atoms in total. The van der Waals surface area contributed by atoms with Crippen molar-refractivity contribution < 1.29 is 9.90 Å². The number of rotatable bonds is 5. The molecule has 2 atom stereocenters. The van der Waals surface area contributed by atoms with E-state index in [-0.39, 0.29) is 12.5 Å². The zero-order valence-corrected chi connectivity index (χ0v) is 9.70. The van der Waals surface area contributed by atoms with Gasteiger partial charge >= 0.3 is 5.97 Å². The lowest BCUT2D eigenvalue weighted by molar-refractivity contribution is -0.138. The Hall–Kier alpha value is -0.610. The highest BCUT2D eigenvalue weighted by atomic mass is 16.4. The smallest absolute Gasteiger partial charge is 0.304 e. The molecule has 2 N–H and O–H groups in total. The van der Waals surface area contributed by atoms with Crippen molar-refractivity contribution in [2.45, 2.75) is 45.2 Å². The molecule has 4 heteroatoms. The largest absolute Gasteiger partial charge is 0.481 e. The molecule has 2 unspecified atom stereocenters. The number of piperazine rings is 1. The minimum absolute atomic E-state index is 0.165. The van der Waals surface area contributed by atoms with Crippen LogP contribution >= 0.6 is 0 Å². The number of aliphatic carboxylic acids is 1. The minimum Gasteiger partial charge on any atom is -0.481 e. The highest BCUT2D eigenvalue weighted by Crippen LogP contribution is 2.14. The topological polar surface area (TPSA) is 52.6 Å². The molecule has 0 amide bonds. The van der Waals surface area contributed by atoms with Gasteiger partial charge < -0.3 is 10.4 Å². The lowest BCUT2D eigenvalue weighted by Gasteiger charge is -2.40. The summed E-state index contributed by atoms with van der Waals surface area (Å²) < 4.78 is 0. The number of carbonyl (C=O) groups is 1. The number of unbranched alkanes of at least 4 members (excludes halogenated alkanes) is 1. The zero-order valence-electron chi connectivity index (χ0n) is 9.70. The van der Waals surface area contributed by atoms with Gasteiger partial charge in [0.1, 0.15) is 0 Å². The SMILES string of the molecule is CCCCN1C(C)CNCC1CC(=O)O. The Bertz CT molecular complexity index is 209. The molecule has 1 aliphatic heterocycles. The van der Waals surface area contributed by atoms with Crippen molar-refractivity contribution in [1.29, 1.82) is 0 Å². The maximum atomic E-state index is 10.7. The Labute approximate surface area is 91.6 Å². The highest BCUT2D eigenvalue weighted by molar-refractivity contribution is 5.67. The van der Waals surface area contributed by atoms with E-state index in [4.69, 9.17) is 5.11 Å². The molecule has 88 valence electrons. The number of nitrogens with one attached hydrogen (secondary N) is 1. The van der Waals surface area contributed by atoms with Crippen molar-refractivity contribution in [3.05, 3.63) is 0 Å². The van der Waals surface area contributed by atoms with Gasteiger partial charge in [-0.25, -0.2) is 0 Å². The van der Waals surface area contributed by atoms with Gasteiger partial charge in [0.2, 0.25) is 0 Å². The standard InChI is InChI=1S/C11H22N2O2/c1-3-4-5-13-9(2)7-12-8-10(13)6-11(14)15/h9-10,12H,3-8H2,1-2H3,(H,14,15). The molecular formula is C11H22N2O2. The van der Waals surface area contributed by atoms with Gasteiger partial charge in [-0.2, -0.15) is 0 Å². The molecule has 1 rings (SSSR count). The van der Waals surface area contributed by atoms with E-state index in [0.717, 1.165) is 32.5 Å². The van der Waals surface area contributed by atoms with Crippen LogP contribution in [-0.2, 0) is 4.79 Å². The van der Waals surface area contributed by atoms with E-state index in [1.54, 1.807) is 0 Å². The quantitative estimate of drug-likeness (QED) is 0.714. The van der Waals surface area contributed by atoms with Crippen LogP contribution in [0.4, 0.5) is 0 Å². The third kappa shape index (κ3) is 3.80. The van der Waals surface area contributed by atoms with Crippen molar-refractivity contribution >= 4 is 5.97 Å². The first kappa shape index (κ1) is 12.5. The normalized spacial score (nSPS) is 27.9. The summed E-state index contributed by atoms with van der Waals surface area (Å²) in [6.07, 6.45) is 2.57. The van der Waals surface area contributed by atoms with Crippen LogP contribution in [0.1, 0.15) is 33.1 Å². The molecule has 1 aliphatic rings. The van der Waals surface area contributed by atoms with Crippen LogP contribution in [0.15, 0.2) is 0 Å². The van der Waals surface area contributed by atoms with E-state index < -0.39 is 5.97 Å². The van der Waals surface area contributed by atoms with Gasteiger partial charge in [-0.3, -0.25) is 9.69 Å². The summed E-state index contributed by atoms with van der Waals surface area (Å²) in [5.74, 6) is -0.697. The predicted molar refractivity (Wildman–Crippen MR) is 60.0 cm³/mol. The van der Waals surface area contributed by atoms with Crippen molar-refractivity contribution in [2.24, 2.45) is 0 Å². The molecule has 0 radical (unpaired) electrons. The summed E-state index contributed by atoms with van der Waals surface area (Å²) >= 11 is 0. The second kappa shape index (κ2) is 6.08. The second-order valence-electron chi connectivity index (χ2n) is 4.35.